The molecular weight excluding hydrogens is 266 g/mol. The van der Waals surface area contributed by atoms with Crippen LogP contribution in [0.15, 0.2) is 27.4 Å². The van der Waals surface area contributed by atoms with Crippen molar-refractivity contribution >= 4 is 22.7 Å². The van der Waals surface area contributed by atoms with Gasteiger partial charge in [0.25, 0.3) is 0 Å². The number of fused-ring (bicyclic) bond motifs is 1. The number of aromatic nitrogens is 1. The fourth-order valence-electron chi connectivity index (χ4n) is 1.99. The molecule has 0 radical (unpaired) electrons. The van der Waals surface area contributed by atoms with Gasteiger partial charge in [-0.2, -0.15) is 5.26 Å². The maximum absolute atomic E-state index is 11.8. The van der Waals surface area contributed by atoms with Crippen LogP contribution in [0.5, 0.6) is 0 Å². The molecule has 1 aromatic heterocycles. The van der Waals surface area contributed by atoms with Gasteiger partial charge in [0.1, 0.15) is 0 Å². The quantitative estimate of drug-likeness (QED) is 0.789. The van der Waals surface area contributed by atoms with E-state index in [1.165, 1.54) is 4.57 Å². The second kappa shape index (κ2) is 5.91. The highest BCUT2D eigenvalue weighted by molar-refractivity contribution is 6.31. The van der Waals surface area contributed by atoms with Crippen LogP contribution in [-0.2, 0) is 6.67 Å². The van der Waals surface area contributed by atoms with Gasteiger partial charge in [0, 0.05) is 17.6 Å². The van der Waals surface area contributed by atoms with E-state index in [0.717, 1.165) is 13.0 Å². The van der Waals surface area contributed by atoms with Crippen LogP contribution in [0.25, 0.3) is 11.1 Å². The molecule has 2 rings (SSSR count). The van der Waals surface area contributed by atoms with E-state index in [4.69, 9.17) is 21.3 Å². The predicted octanol–water partition coefficient (Wildman–Crippen LogP) is 2.44. The number of benzene rings is 1. The average Bonchev–Trinajstić information content (AvgIpc) is 2.66. The van der Waals surface area contributed by atoms with Gasteiger partial charge in [-0.1, -0.05) is 18.5 Å². The van der Waals surface area contributed by atoms with Crippen molar-refractivity contribution in [1.29, 1.82) is 5.26 Å². The topological polar surface area (TPSA) is 62.2 Å². The minimum atomic E-state index is -0.434. The number of nitriles is 1. The molecule has 1 heterocycles. The van der Waals surface area contributed by atoms with Crippen LogP contribution in [-0.4, -0.2) is 22.6 Å². The third-order valence-electron chi connectivity index (χ3n) is 2.81. The second-order valence-electron chi connectivity index (χ2n) is 4.26. The molecule has 0 N–H and O–H groups in total. The Morgan fingerprint density at radius 2 is 2.32 bits per heavy atom. The molecule has 0 spiro atoms. The van der Waals surface area contributed by atoms with E-state index < -0.39 is 5.76 Å². The smallest absolute Gasteiger partial charge is 0.408 e. The Kier molecular flexibility index (Phi) is 4.25. The molecule has 0 bridgehead atoms. The van der Waals surface area contributed by atoms with Gasteiger partial charge in [0.05, 0.1) is 24.8 Å². The van der Waals surface area contributed by atoms with Gasteiger partial charge >= 0.3 is 5.76 Å². The van der Waals surface area contributed by atoms with Crippen LogP contribution < -0.4 is 5.76 Å². The molecule has 0 unspecified atom stereocenters. The van der Waals surface area contributed by atoms with Gasteiger partial charge < -0.3 is 4.42 Å². The summed E-state index contributed by atoms with van der Waals surface area (Å²) in [6.07, 6.45) is 0.915. The first-order chi connectivity index (χ1) is 9.15. The first kappa shape index (κ1) is 13.7. The van der Waals surface area contributed by atoms with Crippen molar-refractivity contribution < 1.29 is 4.42 Å². The molecule has 0 aliphatic rings. The first-order valence-electron chi connectivity index (χ1n) is 6.04. The number of hydrogen-bond donors (Lipinski definition) is 0. The standard InChI is InChI=1S/C13H14ClN3O2/c1-2-6-16(7-5-15)9-17-11-4-3-10(14)8-12(11)19-13(17)18/h3-4,8H,2,6-7,9H2,1H3. The molecule has 0 aliphatic heterocycles. The number of hydrogen-bond acceptors (Lipinski definition) is 4. The van der Waals surface area contributed by atoms with Crippen LogP contribution in [0.2, 0.25) is 5.02 Å². The summed E-state index contributed by atoms with van der Waals surface area (Å²) < 4.78 is 6.66. The Morgan fingerprint density at radius 3 is 3.00 bits per heavy atom. The molecule has 2 aromatic rings. The van der Waals surface area contributed by atoms with E-state index in [2.05, 4.69) is 6.07 Å². The predicted molar refractivity (Wildman–Crippen MR) is 73.0 cm³/mol. The molecule has 19 heavy (non-hydrogen) atoms. The third kappa shape index (κ3) is 2.98. The Labute approximate surface area is 115 Å². The summed E-state index contributed by atoms with van der Waals surface area (Å²) in [5.41, 5.74) is 1.15. The van der Waals surface area contributed by atoms with Crippen molar-refractivity contribution in [2.24, 2.45) is 0 Å². The fraction of sp³-hybridized carbons (Fsp3) is 0.385. The van der Waals surface area contributed by atoms with E-state index in [0.29, 0.717) is 22.8 Å². The maximum Gasteiger partial charge on any atom is 0.421 e. The van der Waals surface area contributed by atoms with Gasteiger partial charge in [-0.25, -0.2) is 4.79 Å². The van der Waals surface area contributed by atoms with Crippen LogP contribution >= 0.6 is 11.6 Å². The van der Waals surface area contributed by atoms with Gasteiger partial charge in [-0.15, -0.1) is 0 Å². The molecule has 0 fully saturated rings. The number of nitrogens with zero attached hydrogens (tertiary/aromatic N) is 3. The Bertz CT molecular complexity index is 669. The zero-order valence-electron chi connectivity index (χ0n) is 10.6. The van der Waals surface area contributed by atoms with Gasteiger partial charge in [-0.05, 0) is 18.6 Å². The van der Waals surface area contributed by atoms with E-state index in [1.54, 1.807) is 18.2 Å². The monoisotopic (exact) mass is 279 g/mol. The Morgan fingerprint density at radius 1 is 1.53 bits per heavy atom. The molecule has 6 heteroatoms. The summed E-state index contributed by atoms with van der Waals surface area (Å²) in [5.74, 6) is -0.434. The highest BCUT2D eigenvalue weighted by Gasteiger charge is 2.12. The Balaban J connectivity index is 2.36. The van der Waals surface area contributed by atoms with E-state index in [9.17, 15) is 4.79 Å². The minimum Gasteiger partial charge on any atom is -0.408 e. The molecule has 0 saturated carbocycles. The molecular formula is C13H14ClN3O2. The lowest BCUT2D eigenvalue weighted by atomic mass is 10.3. The molecule has 0 aliphatic carbocycles. The molecule has 0 atom stereocenters. The van der Waals surface area contributed by atoms with Crippen LogP contribution in [0.4, 0.5) is 0 Å². The molecule has 0 amide bonds. The zero-order valence-corrected chi connectivity index (χ0v) is 11.4. The third-order valence-corrected chi connectivity index (χ3v) is 3.04. The lowest BCUT2D eigenvalue weighted by molar-refractivity contribution is 0.239. The molecule has 1 aromatic carbocycles. The Hall–Kier alpha value is -1.77. The first-order valence-corrected chi connectivity index (χ1v) is 6.41. The van der Waals surface area contributed by atoms with E-state index in [1.807, 2.05) is 11.8 Å². The van der Waals surface area contributed by atoms with Gasteiger partial charge in [0.15, 0.2) is 5.58 Å². The van der Waals surface area contributed by atoms with Crippen molar-refractivity contribution in [1.82, 2.24) is 9.47 Å². The normalized spacial score (nSPS) is 11.1. The average molecular weight is 280 g/mol. The molecule has 100 valence electrons. The van der Waals surface area contributed by atoms with Crippen LogP contribution in [0, 0.1) is 11.3 Å². The van der Waals surface area contributed by atoms with E-state index >= 15 is 0 Å². The second-order valence-corrected chi connectivity index (χ2v) is 4.70. The lowest BCUT2D eigenvalue weighted by Crippen LogP contribution is -2.31. The van der Waals surface area contributed by atoms with E-state index in [-0.39, 0.29) is 6.54 Å². The highest BCUT2D eigenvalue weighted by atomic mass is 35.5. The summed E-state index contributed by atoms with van der Waals surface area (Å²) >= 11 is 5.86. The number of oxazole rings is 1. The number of halogens is 1. The van der Waals surface area contributed by atoms with Crippen molar-refractivity contribution in [3.63, 3.8) is 0 Å². The highest BCUT2D eigenvalue weighted by Crippen LogP contribution is 2.18. The lowest BCUT2D eigenvalue weighted by Gasteiger charge is -2.17. The summed E-state index contributed by atoms with van der Waals surface area (Å²) in [5, 5.41) is 9.31. The van der Waals surface area contributed by atoms with Crippen molar-refractivity contribution in [3.8, 4) is 6.07 Å². The van der Waals surface area contributed by atoms with Crippen molar-refractivity contribution in [2.45, 2.75) is 20.0 Å². The summed E-state index contributed by atoms with van der Waals surface area (Å²) in [7, 11) is 0. The van der Waals surface area contributed by atoms with Crippen molar-refractivity contribution in [3.05, 3.63) is 33.8 Å². The van der Waals surface area contributed by atoms with Crippen LogP contribution in [0.1, 0.15) is 13.3 Å². The summed E-state index contributed by atoms with van der Waals surface area (Å²) in [6.45, 7) is 3.40. The minimum absolute atomic E-state index is 0.278. The summed E-state index contributed by atoms with van der Waals surface area (Å²) in [6, 6.07) is 7.18. The molecule has 5 nitrogen and oxygen atoms in total. The van der Waals surface area contributed by atoms with Crippen LogP contribution in [0.3, 0.4) is 0 Å². The van der Waals surface area contributed by atoms with Crippen molar-refractivity contribution in [2.75, 3.05) is 13.1 Å². The zero-order chi connectivity index (χ0) is 13.8. The van der Waals surface area contributed by atoms with Gasteiger partial charge in [0.2, 0.25) is 0 Å². The fourth-order valence-corrected chi connectivity index (χ4v) is 2.15. The molecule has 0 saturated heterocycles. The largest absolute Gasteiger partial charge is 0.421 e. The SMILES string of the molecule is CCCN(CC#N)Cn1c(=O)oc2cc(Cl)ccc21. The van der Waals surface area contributed by atoms with Gasteiger partial charge in [-0.3, -0.25) is 9.47 Å². The summed E-state index contributed by atoms with van der Waals surface area (Å²) in [4.78, 5) is 13.7. The number of rotatable bonds is 5. The maximum atomic E-state index is 11.8.